The van der Waals surface area contributed by atoms with Crippen molar-refractivity contribution in [1.29, 1.82) is 0 Å². The highest BCUT2D eigenvalue weighted by Gasteiger charge is 2.26. The quantitative estimate of drug-likeness (QED) is 0.785. The van der Waals surface area contributed by atoms with Crippen LogP contribution in [0.15, 0.2) is 27.0 Å². The maximum absolute atomic E-state index is 12.7. The van der Waals surface area contributed by atoms with Crippen LogP contribution >= 0.6 is 38.9 Å². The summed E-state index contributed by atoms with van der Waals surface area (Å²) in [7, 11) is -2.19. The summed E-state index contributed by atoms with van der Waals surface area (Å²) in [5, 5.41) is 0.275. The van der Waals surface area contributed by atoms with E-state index in [9.17, 15) is 8.42 Å². The van der Waals surface area contributed by atoms with Crippen molar-refractivity contribution in [3.63, 3.8) is 0 Å². The molecule has 0 unspecified atom stereocenters. The van der Waals surface area contributed by atoms with Gasteiger partial charge in [-0.25, -0.2) is 13.4 Å². The average Bonchev–Trinajstić information content (AvgIpc) is 2.79. The van der Waals surface area contributed by atoms with Crippen molar-refractivity contribution in [2.45, 2.75) is 18.4 Å². The van der Waals surface area contributed by atoms with Gasteiger partial charge in [0.05, 0.1) is 20.6 Å². The van der Waals surface area contributed by atoms with E-state index in [4.69, 9.17) is 17.3 Å². The zero-order chi connectivity index (χ0) is 15.8. The van der Waals surface area contributed by atoms with Crippen LogP contribution in [0.2, 0.25) is 5.02 Å². The minimum atomic E-state index is -3.71. The number of thiazole rings is 1. The Morgan fingerprint density at radius 2 is 2.14 bits per heavy atom. The fourth-order valence-corrected chi connectivity index (χ4v) is 5.01. The Labute approximate surface area is 140 Å². The van der Waals surface area contributed by atoms with Gasteiger partial charge in [0, 0.05) is 29.2 Å². The molecule has 0 radical (unpaired) electrons. The first kappa shape index (κ1) is 16.7. The molecule has 21 heavy (non-hydrogen) atoms. The second kappa shape index (κ2) is 6.21. The highest BCUT2D eigenvalue weighted by atomic mass is 79.9. The fourth-order valence-electron chi connectivity index (χ4n) is 1.71. The molecule has 1 heterocycles. The van der Waals surface area contributed by atoms with Crippen LogP contribution in [0.3, 0.4) is 0 Å². The molecule has 0 atom stereocenters. The molecule has 2 rings (SSSR count). The molecule has 0 aliphatic rings. The Kier molecular flexibility index (Phi) is 4.94. The molecule has 0 amide bonds. The molecule has 9 heteroatoms. The lowest BCUT2D eigenvalue weighted by atomic mass is 10.3. The van der Waals surface area contributed by atoms with E-state index in [1.165, 1.54) is 34.8 Å². The van der Waals surface area contributed by atoms with Crippen molar-refractivity contribution in [2.75, 3.05) is 12.8 Å². The smallest absolute Gasteiger partial charge is 0.244 e. The number of nitrogen functional groups attached to an aromatic ring is 1. The molecule has 1 aromatic heterocycles. The molecule has 1 aromatic carbocycles. The van der Waals surface area contributed by atoms with Crippen LogP contribution in [0.5, 0.6) is 0 Å². The Balaban J connectivity index is 2.40. The summed E-state index contributed by atoms with van der Waals surface area (Å²) in [6, 6.07) is 2.88. The molecule has 0 bridgehead atoms. The van der Waals surface area contributed by atoms with E-state index in [-0.39, 0.29) is 22.2 Å². The third kappa shape index (κ3) is 3.40. The van der Waals surface area contributed by atoms with E-state index in [1.807, 2.05) is 6.92 Å². The van der Waals surface area contributed by atoms with Crippen molar-refractivity contribution < 1.29 is 8.42 Å². The standard InChI is InChI=1S/C12H13BrClN3O2S2/c1-7-10(20-6-16-7)5-17(2)21(18,19)11-4-8(14)3-9(15)12(11)13/h3-4,6H,5,15H2,1-2H3. The van der Waals surface area contributed by atoms with Crippen LogP contribution in [-0.2, 0) is 16.6 Å². The first-order valence-electron chi connectivity index (χ1n) is 5.83. The van der Waals surface area contributed by atoms with Crippen LogP contribution in [0.25, 0.3) is 0 Å². The van der Waals surface area contributed by atoms with Crippen molar-refractivity contribution in [3.8, 4) is 0 Å². The van der Waals surface area contributed by atoms with Crippen LogP contribution in [0.4, 0.5) is 5.69 Å². The van der Waals surface area contributed by atoms with Gasteiger partial charge in [-0.3, -0.25) is 0 Å². The highest BCUT2D eigenvalue weighted by molar-refractivity contribution is 9.10. The molecule has 0 aliphatic carbocycles. The van der Waals surface area contributed by atoms with Crippen LogP contribution in [-0.4, -0.2) is 24.8 Å². The van der Waals surface area contributed by atoms with Crippen molar-refractivity contribution in [1.82, 2.24) is 9.29 Å². The number of aromatic nitrogens is 1. The van der Waals surface area contributed by atoms with E-state index in [1.54, 1.807) is 5.51 Å². The predicted molar refractivity (Wildman–Crippen MR) is 89.1 cm³/mol. The zero-order valence-electron chi connectivity index (χ0n) is 11.3. The summed E-state index contributed by atoms with van der Waals surface area (Å²) in [6.45, 7) is 2.09. The van der Waals surface area contributed by atoms with Gasteiger partial charge in [-0.15, -0.1) is 11.3 Å². The normalized spacial score (nSPS) is 12.0. The molecular formula is C12H13BrClN3O2S2. The van der Waals surface area contributed by atoms with Gasteiger partial charge >= 0.3 is 0 Å². The molecule has 2 aromatic rings. The molecular weight excluding hydrogens is 398 g/mol. The Hall–Kier alpha value is -0.670. The zero-order valence-corrected chi connectivity index (χ0v) is 15.3. The largest absolute Gasteiger partial charge is 0.398 e. The molecule has 5 nitrogen and oxygen atoms in total. The van der Waals surface area contributed by atoms with Gasteiger partial charge in [-0.05, 0) is 35.0 Å². The van der Waals surface area contributed by atoms with Crippen molar-refractivity contribution in [2.24, 2.45) is 0 Å². The molecule has 0 aliphatic heterocycles. The predicted octanol–water partition coefficient (Wildman–Crippen LogP) is 3.27. The lowest BCUT2D eigenvalue weighted by Gasteiger charge is -2.18. The summed E-state index contributed by atoms with van der Waals surface area (Å²) in [6.07, 6.45) is 0. The molecule has 0 saturated heterocycles. The molecule has 2 N–H and O–H groups in total. The number of rotatable bonds is 4. The van der Waals surface area contributed by atoms with Gasteiger partial charge < -0.3 is 5.73 Å². The topological polar surface area (TPSA) is 76.3 Å². The Morgan fingerprint density at radius 1 is 1.48 bits per heavy atom. The first-order valence-corrected chi connectivity index (χ1v) is 9.32. The number of sulfonamides is 1. The van der Waals surface area contributed by atoms with Crippen LogP contribution < -0.4 is 5.73 Å². The monoisotopic (exact) mass is 409 g/mol. The number of aryl methyl sites for hydroxylation is 1. The number of halogens is 2. The van der Waals surface area contributed by atoms with E-state index < -0.39 is 10.0 Å². The van der Waals surface area contributed by atoms with Gasteiger partial charge in [0.15, 0.2) is 0 Å². The number of anilines is 1. The van der Waals surface area contributed by atoms with E-state index in [0.717, 1.165) is 10.6 Å². The van der Waals surface area contributed by atoms with Gasteiger partial charge in [-0.2, -0.15) is 4.31 Å². The summed E-state index contributed by atoms with van der Waals surface area (Å²) in [5.41, 5.74) is 8.56. The first-order chi connectivity index (χ1) is 9.73. The Morgan fingerprint density at radius 3 is 2.71 bits per heavy atom. The Bertz CT molecular complexity index is 777. The lowest BCUT2D eigenvalue weighted by Crippen LogP contribution is -2.27. The van der Waals surface area contributed by atoms with Crippen LogP contribution in [0, 0.1) is 6.92 Å². The van der Waals surface area contributed by atoms with Crippen molar-refractivity contribution in [3.05, 3.63) is 37.7 Å². The average molecular weight is 411 g/mol. The SMILES string of the molecule is Cc1ncsc1CN(C)S(=O)(=O)c1cc(Cl)cc(N)c1Br. The van der Waals surface area contributed by atoms with E-state index >= 15 is 0 Å². The molecule has 0 fully saturated rings. The molecule has 0 spiro atoms. The molecule has 114 valence electrons. The third-order valence-corrected chi connectivity index (χ3v) is 7.04. The lowest BCUT2D eigenvalue weighted by molar-refractivity contribution is 0.468. The van der Waals surface area contributed by atoms with E-state index in [2.05, 4.69) is 20.9 Å². The number of hydrogen-bond donors (Lipinski definition) is 1. The number of nitrogens with two attached hydrogens (primary N) is 1. The van der Waals surface area contributed by atoms with Crippen LogP contribution in [0.1, 0.15) is 10.6 Å². The summed E-state index contributed by atoms with van der Waals surface area (Å²) in [4.78, 5) is 5.07. The summed E-state index contributed by atoms with van der Waals surface area (Å²) < 4.78 is 26.9. The second-order valence-corrected chi connectivity index (χ2v) is 8.61. The maximum atomic E-state index is 12.7. The van der Waals surface area contributed by atoms with Gasteiger partial charge in [0.2, 0.25) is 10.0 Å². The van der Waals surface area contributed by atoms with Gasteiger partial charge in [0.1, 0.15) is 0 Å². The highest BCUT2D eigenvalue weighted by Crippen LogP contribution is 2.33. The second-order valence-electron chi connectivity index (χ2n) is 4.43. The fraction of sp³-hybridized carbons (Fsp3) is 0.250. The van der Waals surface area contributed by atoms with Gasteiger partial charge in [0.25, 0.3) is 0 Å². The number of hydrogen-bond acceptors (Lipinski definition) is 5. The number of benzene rings is 1. The third-order valence-electron chi connectivity index (χ3n) is 2.93. The van der Waals surface area contributed by atoms with Gasteiger partial charge in [-0.1, -0.05) is 11.6 Å². The van der Waals surface area contributed by atoms with Crippen molar-refractivity contribution >= 4 is 54.6 Å². The van der Waals surface area contributed by atoms with E-state index in [0.29, 0.717) is 4.47 Å². The number of nitrogens with zero attached hydrogens (tertiary/aromatic N) is 2. The summed E-state index contributed by atoms with van der Waals surface area (Å²) >= 11 is 10.5. The minimum absolute atomic E-state index is 0.0529. The summed E-state index contributed by atoms with van der Waals surface area (Å²) in [5.74, 6) is 0. The maximum Gasteiger partial charge on any atom is 0.244 e. The molecule has 0 saturated carbocycles. The minimum Gasteiger partial charge on any atom is -0.398 e.